The van der Waals surface area contributed by atoms with Crippen LogP contribution in [0.5, 0.6) is 0 Å². The molecule has 1 aromatic heterocycles. The van der Waals surface area contributed by atoms with E-state index in [2.05, 4.69) is 15.2 Å². The molecule has 2 rings (SSSR count). The highest BCUT2D eigenvalue weighted by Gasteiger charge is 2.17. The molecule has 0 aliphatic carbocycles. The van der Waals surface area contributed by atoms with E-state index in [-0.39, 0.29) is 12.0 Å². The highest BCUT2D eigenvalue weighted by atomic mass is 32.1. The summed E-state index contributed by atoms with van der Waals surface area (Å²) in [6.07, 6.45) is 2.63. The fraction of sp³-hybridized carbons (Fsp3) is 0.667. The lowest BCUT2D eigenvalue weighted by molar-refractivity contribution is 0.0697. The topological polar surface area (TPSA) is 91.5 Å². The molecule has 7 heteroatoms. The second kappa shape index (κ2) is 6.83. The van der Waals surface area contributed by atoms with Crippen LogP contribution in [-0.2, 0) is 0 Å². The van der Waals surface area contributed by atoms with E-state index in [0.717, 1.165) is 38.9 Å². The zero-order valence-corrected chi connectivity index (χ0v) is 11.7. The number of hydrogen-bond acceptors (Lipinski definition) is 6. The summed E-state index contributed by atoms with van der Waals surface area (Å²) in [7, 11) is 0. The van der Waals surface area contributed by atoms with Gasteiger partial charge in [0.25, 0.3) is 5.91 Å². The van der Waals surface area contributed by atoms with Gasteiger partial charge < -0.3 is 21.1 Å². The number of nitrogens with zero attached hydrogens (tertiary/aromatic N) is 2. The van der Waals surface area contributed by atoms with Crippen LogP contribution in [0.3, 0.4) is 0 Å². The predicted octanol–water partition coefficient (Wildman–Crippen LogP) is 0.302. The molecule has 4 N–H and O–H groups in total. The van der Waals surface area contributed by atoms with Crippen molar-refractivity contribution in [3.8, 4) is 0 Å². The summed E-state index contributed by atoms with van der Waals surface area (Å²) in [6.45, 7) is 3.30. The second-order valence-corrected chi connectivity index (χ2v) is 5.67. The number of anilines is 1. The molecule has 0 spiro atoms. The number of hydrogen-bond donors (Lipinski definition) is 3. The van der Waals surface area contributed by atoms with Crippen LogP contribution in [-0.4, -0.2) is 53.2 Å². The normalized spacial score (nSPS) is 20.4. The van der Waals surface area contributed by atoms with Gasteiger partial charge in [0.2, 0.25) is 0 Å². The summed E-state index contributed by atoms with van der Waals surface area (Å²) in [5.74, 6) is -0.174. The van der Waals surface area contributed by atoms with Crippen LogP contribution < -0.4 is 11.1 Å². The number of likely N-dealkylation sites (tertiary alicyclic amines) is 1. The van der Waals surface area contributed by atoms with Crippen LogP contribution in [0.2, 0.25) is 0 Å². The van der Waals surface area contributed by atoms with E-state index < -0.39 is 0 Å². The Labute approximate surface area is 116 Å². The number of nitrogen functional groups attached to an aromatic ring is 1. The maximum absolute atomic E-state index is 11.7. The Bertz CT molecular complexity index is 424. The van der Waals surface area contributed by atoms with Crippen LogP contribution in [0.15, 0.2) is 5.38 Å². The Kier molecular flexibility index (Phi) is 5.12. The van der Waals surface area contributed by atoms with Gasteiger partial charge in [-0.2, -0.15) is 0 Å². The number of carbonyl (C=O) groups is 1. The first-order valence-corrected chi connectivity index (χ1v) is 7.43. The van der Waals surface area contributed by atoms with Crippen molar-refractivity contribution in [3.63, 3.8) is 0 Å². The van der Waals surface area contributed by atoms with Crippen LogP contribution >= 0.6 is 11.3 Å². The molecule has 1 aliphatic heterocycles. The van der Waals surface area contributed by atoms with E-state index in [0.29, 0.717) is 17.4 Å². The first-order chi connectivity index (χ1) is 9.15. The summed E-state index contributed by atoms with van der Waals surface area (Å²) < 4.78 is 0. The molecule has 0 radical (unpaired) electrons. The van der Waals surface area contributed by atoms with E-state index in [1.807, 2.05) is 0 Å². The number of carbonyl (C=O) groups excluding carboxylic acids is 1. The second-order valence-electron chi connectivity index (χ2n) is 4.78. The number of aromatic nitrogens is 1. The molecule has 2 heterocycles. The summed E-state index contributed by atoms with van der Waals surface area (Å²) in [6, 6.07) is 0. The Morgan fingerprint density at radius 1 is 1.68 bits per heavy atom. The van der Waals surface area contributed by atoms with Gasteiger partial charge in [0, 0.05) is 18.5 Å². The van der Waals surface area contributed by atoms with Crippen molar-refractivity contribution in [2.75, 3.05) is 31.9 Å². The van der Waals surface area contributed by atoms with E-state index >= 15 is 0 Å². The molecule has 1 aliphatic rings. The minimum atomic E-state index is -0.193. The monoisotopic (exact) mass is 284 g/mol. The third-order valence-corrected chi connectivity index (χ3v) is 3.85. The van der Waals surface area contributed by atoms with E-state index in [4.69, 9.17) is 5.73 Å². The SMILES string of the molecule is Nc1nc(C(=O)NCCCN2CCCC(O)C2)cs1. The van der Waals surface area contributed by atoms with Gasteiger partial charge in [0.1, 0.15) is 5.69 Å². The van der Waals surface area contributed by atoms with Crippen molar-refractivity contribution >= 4 is 22.4 Å². The number of piperidine rings is 1. The van der Waals surface area contributed by atoms with Gasteiger partial charge in [-0.25, -0.2) is 4.98 Å². The van der Waals surface area contributed by atoms with Gasteiger partial charge >= 0.3 is 0 Å². The summed E-state index contributed by atoms with van der Waals surface area (Å²) in [5.41, 5.74) is 5.86. The number of rotatable bonds is 5. The van der Waals surface area contributed by atoms with Gasteiger partial charge in [-0.05, 0) is 32.4 Å². The zero-order chi connectivity index (χ0) is 13.7. The van der Waals surface area contributed by atoms with E-state index in [9.17, 15) is 9.90 Å². The van der Waals surface area contributed by atoms with Crippen molar-refractivity contribution in [2.45, 2.75) is 25.4 Å². The summed E-state index contributed by atoms with van der Waals surface area (Å²) in [5, 5.41) is 14.4. The van der Waals surface area contributed by atoms with Gasteiger partial charge in [-0.3, -0.25) is 4.79 Å². The van der Waals surface area contributed by atoms with Crippen molar-refractivity contribution in [2.24, 2.45) is 0 Å². The molecule has 1 amide bonds. The first kappa shape index (κ1) is 14.2. The molecule has 6 nitrogen and oxygen atoms in total. The molecular formula is C12H20N4O2S. The highest BCUT2D eigenvalue weighted by molar-refractivity contribution is 7.13. The number of aliphatic hydroxyl groups is 1. The molecule has 0 saturated carbocycles. The van der Waals surface area contributed by atoms with E-state index in [1.165, 1.54) is 11.3 Å². The maximum atomic E-state index is 11.7. The highest BCUT2D eigenvalue weighted by Crippen LogP contribution is 2.11. The van der Waals surface area contributed by atoms with E-state index in [1.54, 1.807) is 5.38 Å². The largest absolute Gasteiger partial charge is 0.392 e. The number of nitrogens with two attached hydrogens (primary N) is 1. The number of amides is 1. The Balaban J connectivity index is 1.62. The molecule has 1 aromatic rings. The molecule has 0 aromatic carbocycles. The molecule has 1 saturated heterocycles. The fourth-order valence-corrected chi connectivity index (χ4v) is 2.76. The first-order valence-electron chi connectivity index (χ1n) is 6.55. The van der Waals surface area contributed by atoms with Crippen molar-refractivity contribution < 1.29 is 9.90 Å². The molecule has 1 fully saturated rings. The molecule has 1 atom stereocenters. The molecule has 106 valence electrons. The molecule has 1 unspecified atom stereocenters. The lowest BCUT2D eigenvalue weighted by Gasteiger charge is -2.29. The van der Waals surface area contributed by atoms with Crippen LogP contribution in [0.4, 0.5) is 5.13 Å². The van der Waals surface area contributed by atoms with Gasteiger partial charge in [-0.15, -0.1) is 11.3 Å². The average molecular weight is 284 g/mol. The Morgan fingerprint density at radius 2 is 2.53 bits per heavy atom. The lowest BCUT2D eigenvalue weighted by Crippen LogP contribution is -2.39. The maximum Gasteiger partial charge on any atom is 0.270 e. The minimum Gasteiger partial charge on any atom is -0.392 e. The predicted molar refractivity (Wildman–Crippen MR) is 75.2 cm³/mol. The van der Waals surface area contributed by atoms with Crippen molar-refractivity contribution in [3.05, 3.63) is 11.1 Å². The third kappa shape index (κ3) is 4.45. The van der Waals surface area contributed by atoms with Gasteiger partial charge in [-0.1, -0.05) is 0 Å². The van der Waals surface area contributed by atoms with Crippen molar-refractivity contribution in [1.29, 1.82) is 0 Å². The van der Waals surface area contributed by atoms with Crippen LogP contribution in [0.25, 0.3) is 0 Å². The Hall–Kier alpha value is -1.18. The van der Waals surface area contributed by atoms with Crippen LogP contribution in [0, 0.1) is 0 Å². The zero-order valence-electron chi connectivity index (χ0n) is 10.8. The summed E-state index contributed by atoms with van der Waals surface area (Å²) in [4.78, 5) is 17.9. The Morgan fingerprint density at radius 3 is 3.21 bits per heavy atom. The average Bonchev–Trinajstić information content (AvgIpc) is 2.81. The molecule has 19 heavy (non-hydrogen) atoms. The quantitative estimate of drug-likeness (QED) is 0.677. The van der Waals surface area contributed by atoms with Crippen molar-refractivity contribution in [1.82, 2.24) is 15.2 Å². The third-order valence-electron chi connectivity index (χ3n) is 3.17. The van der Waals surface area contributed by atoms with Gasteiger partial charge in [0.05, 0.1) is 6.10 Å². The number of β-amino-alcohol motifs (C(OH)–C–C–N with tert-alkyl or cyclic N) is 1. The van der Waals surface area contributed by atoms with Crippen LogP contribution in [0.1, 0.15) is 29.8 Å². The molecular weight excluding hydrogens is 264 g/mol. The fourth-order valence-electron chi connectivity index (χ4n) is 2.22. The number of nitrogens with one attached hydrogen (secondary N) is 1. The standard InChI is InChI=1S/C12H20N4O2S/c13-12-15-10(8-19-12)11(18)14-4-2-6-16-5-1-3-9(17)7-16/h8-9,17H,1-7H2,(H2,13,15)(H,14,18). The lowest BCUT2D eigenvalue weighted by atomic mass is 10.1. The number of thiazole rings is 1. The van der Waals surface area contributed by atoms with Gasteiger partial charge in [0.15, 0.2) is 5.13 Å². The number of aliphatic hydroxyl groups excluding tert-OH is 1. The smallest absolute Gasteiger partial charge is 0.270 e. The molecule has 0 bridgehead atoms. The minimum absolute atomic E-state index is 0.174. The summed E-state index contributed by atoms with van der Waals surface area (Å²) >= 11 is 1.26.